The SMILES string of the molecule is CCCn1ncc(Cl)c1C(N)c1c(F)cccc1Br. The second kappa shape index (κ2) is 6.03. The van der Waals surface area contributed by atoms with Crippen molar-refractivity contribution in [3.8, 4) is 0 Å². The van der Waals surface area contributed by atoms with Gasteiger partial charge in [-0.3, -0.25) is 4.68 Å². The Balaban J connectivity index is 2.50. The first-order valence-electron chi connectivity index (χ1n) is 5.97. The van der Waals surface area contributed by atoms with Crippen LogP contribution in [0.15, 0.2) is 28.9 Å². The normalized spacial score (nSPS) is 12.7. The second-order valence-corrected chi connectivity index (χ2v) is 5.48. The molecule has 102 valence electrons. The molecule has 0 bridgehead atoms. The second-order valence-electron chi connectivity index (χ2n) is 4.21. The highest BCUT2D eigenvalue weighted by Crippen LogP contribution is 2.32. The molecule has 2 rings (SSSR count). The van der Waals surface area contributed by atoms with E-state index in [1.807, 2.05) is 6.92 Å². The summed E-state index contributed by atoms with van der Waals surface area (Å²) in [5.74, 6) is -0.359. The third kappa shape index (κ3) is 2.83. The van der Waals surface area contributed by atoms with Gasteiger partial charge in [0.25, 0.3) is 0 Å². The van der Waals surface area contributed by atoms with Crippen molar-refractivity contribution in [1.82, 2.24) is 9.78 Å². The number of aryl methyl sites for hydroxylation is 1. The number of aromatic nitrogens is 2. The van der Waals surface area contributed by atoms with E-state index in [9.17, 15) is 4.39 Å². The topological polar surface area (TPSA) is 43.8 Å². The first-order valence-corrected chi connectivity index (χ1v) is 7.14. The van der Waals surface area contributed by atoms with Gasteiger partial charge in [0.05, 0.1) is 23.0 Å². The van der Waals surface area contributed by atoms with Crippen LogP contribution >= 0.6 is 27.5 Å². The van der Waals surface area contributed by atoms with Gasteiger partial charge in [-0.1, -0.05) is 40.5 Å². The Morgan fingerprint density at radius 3 is 2.89 bits per heavy atom. The Kier molecular flexibility index (Phi) is 4.60. The minimum absolute atomic E-state index is 0.359. The lowest BCUT2D eigenvalue weighted by atomic mass is 10.0. The molecule has 1 heterocycles. The molecule has 19 heavy (non-hydrogen) atoms. The average Bonchev–Trinajstić information content (AvgIpc) is 2.70. The number of hydrogen-bond donors (Lipinski definition) is 1. The fourth-order valence-corrected chi connectivity index (χ4v) is 2.86. The molecule has 1 aromatic carbocycles. The Morgan fingerprint density at radius 2 is 2.26 bits per heavy atom. The van der Waals surface area contributed by atoms with E-state index in [0.29, 0.717) is 27.3 Å². The molecule has 0 radical (unpaired) electrons. The highest BCUT2D eigenvalue weighted by molar-refractivity contribution is 9.10. The summed E-state index contributed by atoms with van der Waals surface area (Å²) in [7, 11) is 0. The predicted molar refractivity (Wildman–Crippen MR) is 77.7 cm³/mol. The van der Waals surface area contributed by atoms with E-state index in [1.54, 1.807) is 23.0 Å². The molecule has 6 heteroatoms. The van der Waals surface area contributed by atoms with Crippen LogP contribution in [0.5, 0.6) is 0 Å². The van der Waals surface area contributed by atoms with Crippen LogP contribution in [-0.4, -0.2) is 9.78 Å². The van der Waals surface area contributed by atoms with E-state index in [2.05, 4.69) is 21.0 Å². The summed E-state index contributed by atoms with van der Waals surface area (Å²) in [4.78, 5) is 0. The number of nitrogens with two attached hydrogens (primary N) is 1. The fraction of sp³-hybridized carbons (Fsp3) is 0.308. The van der Waals surface area contributed by atoms with Crippen LogP contribution in [0, 0.1) is 5.82 Å². The van der Waals surface area contributed by atoms with Gasteiger partial charge >= 0.3 is 0 Å². The molecule has 0 aliphatic rings. The van der Waals surface area contributed by atoms with Crippen molar-refractivity contribution in [1.29, 1.82) is 0 Å². The summed E-state index contributed by atoms with van der Waals surface area (Å²) in [5.41, 5.74) is 7.20. The number of halogens is 3. The van der Waals surface area contributed by atoms with Crippen LogP contribution < -0.4 is 5.73 Å². The van der Waals surface area contributed by atoms with Gasteiger partial charge in [-0.25, -0.2) is 4.39 Å². The van der Waals surface area contributed by atoms with E-state index < -0.39 is 6.04 Å². The average molecular weight is 347 g/mol. The Hall–Kier alpha value is -0.910. The van der Waals surface area contributed by atoms with E-state index in [4.69, 9.17) is 17.3 Å². The minimum atomic E-state index is -0.655. The molecule has 0 saturated carbocycles. The molecule has 2 aromatic rings. The van der Waals surface area contributed by atoms with Gasteiger partial charge in [-0.05, 0) is 18.6 Å². The number of rotatable bonds is 4. The van der Waals surface area contributed by atoms with Gasteiger partial charge in [0.1, 0.15) is 5.82 Å². The first kappa shape index (κ1) is 14.5. The molecular formula is C13H14BrClFN3. The molecule has 1 aromatic heterocycles. The maximum Gasteiger partial charge on any atom is 0.129 e. The lowest BCUT2D eigenvalue weighted by Crippen LogP contribution is -2.19. The van der Waals surface area contributed by atoms with Crippen LogP contribution in [0.25, 0.3) is 0 Å². The van der Waals surface area contributed by atoms with Crippen LogP contribution in [0.3, 0.4) is 0 Å². The molecule has 0 aliphatic carbocycles. The van der Waals surface area contributed by atoms with Crippen molar-refractivity contribution in [2.45, 2.75) is 25.9 Å². The smallest absolute Gasteiger partial charge is 0.129 e. The van der Waals surface area contributed by atoms with Crippen LogP contribution in [-0.2, 0) is 6.54 Å². The predicted octanol–water partition coefficient (Wildman–Crippen LogP) is 3.90. The summed E-state index contributed by atoms with van der Waals surface area (Å²) < 4.78 is 16.3. The van der Waals surface area contributed by atoms with Gasteiger partial charge < -0.3 is 5.73 Å². The highest BCUT2D eigenvalue weighted by Gasteiger charge is 2.23. The van der Waals surface area contributed by atoms with Gasteiger partial charge in [-0.2, -0.15) is 5.10 Å². The van der Waals surface area contributed by atoms with Crippen molar-refractivity contribution in [2.75, 3.05) is 0 Å². The standard InChI is InChI=1S/C13H14BrClFN3/c1-2-6-19-13(9(15)7-18-19)12(17)11-8(14)4-3-5-10(11)16/h3-5,7,12H,2,6,17H2,1H3. The number of nitrogens with zero attached hydrogens (tertiary/aromatic N) is 2. The molecule has 0 amide bonds. The summed E-state index contributed by atoms with van der Waals surface area (Å²) in [6, 6.07) is 4.11. The number of benzene rings is 1. The quantitative estimate of drug-likeness (QED) is 0.912. The Labute approximate surface area is 124 Å². The van der Waals surface area contributed by atoms with Gasteiger partial charge in [0.2, 0.25) is 0 Å². The van der Waals surface area contributed by atoms with Crippen LogP contribution in [0.2, 0.25) is 5.02 Å². The monoisotopic (exact) mass is 345 g/mol. The maximum absolute atomic E-state index is 14.0. The van der Waals surface area contributed by atoms with Gasteiger partial charge in [0, 0.05) is 16.6 Å². The van der Waals surface area contributed by atoms with Crippen molar-refractivity contribution in [2.24, 2.45) is 5.73 Å². The summed E-state index contributed by atoms with van der Waals surface area (Å²) in [6.07, 6.45) is 2.44. The van der Waals surface area contributed by atoms with Crippen molar-refractivity contribution >= 4 is 27.5 Å². The molecule has 1 unspecified atom stereocenters. The van der Waals surface area contributed by atoms with Crippen molar-refractivity contribution < 1.29 is 4.39 Å². The molecular weight excluding hydrogens is 333 g/mol. The molecule has 3 nitrogen and oxygen atoms in total. The molecule has 0 saturated heterocycles. The largest absolute Gasteiger partial charge is 0.319 e. The maximum atomic E-state index is 14.0. The lowest BCUT2D eigenvalue weighted by molar-refractivity contribution is 0.544. The third-order valence-corrected chi connectivity index (χ3v) is 3.86. The third-order valence-electron chi connectivity index (χ3n) is 2.87. The zero-order valence-corrected chi connectivity index (χ0v) is 12.7. The minimum Gasteiger partial charge on any atom is -0.319 e. The molecule has 0 fully saturated rings. The van der Waals surface area contributed by atoms with Crippen molar-refractivity contribution in [3.05, 3.63) is 51.0 Å². The van der Waals surface area contributed by atoms with Gasteiger partial charge in [-0.15, -0.1) is 0 Å². The summed E-state index contributed by atoms with van der Waals surface area (Å²) in [5, 5.41) is 4.63. The zero-order chi connectivity index (χ0) is 14.0. The lowest BCUT2D eigenvalue weighted by Gasteiger charge is -2.17. The Bertz CT molecular complexity index is 565. The van der Waals surface area contributed by atoms with E-state index in [-0.39, 0.29) is 5.82 Å². The summed E-state index contributed by atoms with van der Waals surface area (Å²) >= 11 is 9.46. The highest BCUT2D eigenvalue weighted by atomic mass is 79.9. The van der Waals surface area contributed by atoms with E-state index in [0.717, 1.165) is 6.42 Å². The first-order chi connectivity index (χ1) is 9.06. The molecule has 0 spiro atoms. The Morgan fingerprint density at radius 1 is 1.53 bits per heavy atom. The molecule has 1 atom stereocenters. The van der Waals surface area contributed by atoms with E-state index in [1.165, 1.54) is 6.07 Å². The van der Waals surface area contributed by atoms with Crippen molar-refractivity contribution in [3.63, 3.8) is 0 Å². The van der Waals surface area contributed by atoms with Crippen LogP contribution in [0.1, 0.15) is 30.6 Å². The fourth-order valence-electron chi connectivity index (χ4n) is 2.02. The summed E-state index contributed by atoms with van der Waals surface area (Å²) in [6.45, 7) is 2.73. The van der Waals surface area contributed by atoms with Crippen LogP contribution in [0.4, 0.5) is 4.39 Å². The zero-order valence-electron chi connectivity index (χ0n) is 10.4. The van der Waals surface area contributed by atoms with E-state index >= 15 is 0 Å². The number of hydrogen-bond acceptors (Lipinski definition) is 2. The van der Waals surface area contributed by atoms with Gasteiger partial charge in [0.15, 0.2) is 0 Å². The molecule has 0 aliphatic heterocycles. The molecule has 2 N–H and O–H groups in total.